The molecule has 0 radical (unpaired) electrons. The first-order valence-electron chi connectivity index (χ1n) is 7.68. The molecule has 0 unspecified atom stereocenters. The summed E-state index contributed by atoms with van der Waals surface area (Å²) in [5.41, 5.74) is 2.83. The third kappa shape index (κ3) is 3.49. The molecule has 0 atom stereocenters. The summed E-state index contributed by atoms with van der Waals surface area (Å²) in [6.07, 6.45) is 0. The fourth-order valence-corrected chi connectivity index (χ4v) is 3.17. The predicted molar refractivity (Wildman–Crippen MR) is 99.8 cm³/mol. The van der Waals surface area contributed by atoms with Crippen molar-refractivity contribution in [3.8, 4) is 22.8 Å². The fourth-order valence-electron chi connectivity index (χ4n) is 2.56. The topological polar surface area (TPSA) is 60.5 Å². The number of para-hydroxylation sites is 2. The van der Waals surface area contributed by atoms with Crippen LogP contribution in [0.3, 0.4) is 0 Å². The van der Waals surface area contributed by atoms with Crippen LogP contribution in [0.1, 0.15) is 15.4 Å². The van der Waals surface area contributed by atoms with Gasteiger partial charge in [0, 0.05) is 10.9 Å². The maximum absolute atomic E-state index is 12.8. The molecule has 0 saturated carbocycles. The number of ether oxygens (including phenoxy) is 2. The van der Waals surface area contributed by atoms with Crippen molar-refractivity contribution in [3.63, 3.8) is 0 Å². The van der Waals surface area contributed by atoms with Gasteiger partial charge in [0.15, 0.2) is 11.5 Å². The zero-order valence-corrected chi connectivity index (χ0v) is 15.0. The molecule has 1 heterocycles. The Balaban J connectivity index is 1.95. The molecule has 1 amide bonds. The lowest BCUT2D eigenvalue weighted by molar-refractivity contribution is 0.102. The van der Waals surface area contributed by atoms with Crippen LogP contribution < -0.4 is 14.8 Å². The molecule has 1 aromatic heterocycles. The van der Waals surface area contributed by atoms with Crippen molar-refractivity contribution in [2.24, 2.45) is 0 Å². The molecule has 1 N–H and O–H groups in total. The van der Waals surface area contributed by atoms with E-state index < -0.39 is 0 Å². The van der Waals surface area contributed by atoms with E-state index >= 15 is 0 Å². The van der Waals surface area contributed by atoms with E-state index in [9.17, 15) is 4.79 Å². The standard InChI is InChI=1S/C19H18N2O3S/c1-12-20-16(11-25-12)13-7-4-5-9-15(13)21-19(22)14-8-6-10-17(23-2)18(14)24-3/h4-11H,1-3H3,(H,21,22). The van der Waals surface area contributed by atoms with Crippen LogP contribution in [0, 0.1) is 6.92 Å². The smallest absolute Gasteiger partial charge is 0.259 e. The van der Waals surface area contributed by atoms with Gasteiger partial charge < -0.3 is 14.8 Å². The number of benzene rings is 2. The van der Waals surface area contributed by atoms with Crippen molar-refractivity contribution in [1.29, 1.82) is 0 Å². The highest BCUT2D eigenvalue weighted by atomic mass is 32.1. The Morgan fingerprint density at radius 3 is 2.56 bits per heavy atom. The molecule has 0 saturated heterocycles. The Bertz CT molecular complexity index is 905. The average Bonchev–Trinajstić information content (AvgIpc) is 3.07. The number of aryl methyl sites for hydroxylation is 1. The molecule has 0 fully saturated rings. The van der Waals surface area contributed by atoms with Gasteiger partial charge in [-0.25, -0.2) is 4.98 Å². The number of rotatable bonds is 5. The Labute approximate surface area is 150 Å². The van der Waals surface area contributed by atoms with Crippen molar-refractivity contribution in [3.05, 3.63) is 58.4 Å². The summed E-state index contributed by atoms with van der Waals surface area (Å²) in [7, 11) is 3.06. The number of anilines is 1. The van der Waals surface area contributed by atoms with Crippen LogP contribution >= 0.6 is 11.3 Å². The highest BCUT2D eigenvalue weighted by Gasteiger charge is 2.18. The van der Waals surface area contributed by atoms with E-state index in [-0.39, 0.29) is 5.91 Å². The molecule has 3 rings (SSSR count). The van der Waals surface area contributed by atoms with Gasteiger partial charge in [-0.2, -0.15) is 0 Å². The maximum atomic E-state index is 12.8. The Morgan fingerprint density at radius 1 is 1.08 bits per heavy atom. The first-order chi connectivity index (χ1) is 12.1. The summed E-state index contributed by atoms with van der Waals surface area (Å²) in [6.45, 7) is 1.95. The van der Waals surface area contributed by atoms with Gasteiger partial charge in [-0.3, -0.25) is 4.79 Å². The lowest BCUT2D eigenvalue weighted by Gasteiger charge is -2.14. The normalized spacial score (nSPS) is 10.4. The third-order valence-electron chi connectivity index (χ3n) is 3.72. The average molecular weight is 354 g/mol. The number of carbonyl (C=O) groups excluding carboxylic acids is 1. The second kappa shape index (κ2) is 7.36. The number of hydrogen-bond donors (Lipinski definition) is 1. The van der Waals surface area contributed by atoms with E-state index in [2.05, 4.69) is 10.3 Å². The van der Waals surface area contributed by atoms with Crippen molar-refractivity contribution in [1.82, 2.24) is 4.98 Å². The number of nitrogens with one attached hydrogen (secondary N) is 1. The molecule has 0 spiro atoms. The highest BCUT2D eigenvalue weighted by Crippen LogP contribution is 2.33. The number of nitrogens with zero attached hydrogens (tertiary/aromatic N) is 1. The third-order valence-corrected chi connectivity index (χ3v) is 4.49. The van der Waals surface area contributed by atoms with Crippen molar-refractivity contribution < 1.29 is 14.3 Å². The maximum Gasteiger partial charge on any atom is 0.259 e. The van der Waals surface area contributed by atoms with Gasteiger partial charge in [0.25, 0.3) is 5.91 Å². The summed E-state index contributed by atoms with van der Waals surface area (Å²) in [4.78, 5) is 17.3. The van der Waals surface area contributed by atoms with Gasteiger partial charge in [0.1, 0.15) is 0 Å². The number of thiazole rings is 1. The molecular weight excluding hydrogens is 336 g/mol. The molecule has 0 aliphatic carbocycles. The van der Waals surface area contributed by atoms with Crippen LogP contribution in [0.15, 0.2) is 47.8 Å². The predicted octanol–water partition coefficient (Wildman–Crippen LogP) is 4.39. The molecule has 0 bridgehead atoms. The fraction of sp³-hybridized carbons (Fsp3) is 0.158. The summed E-state index contributed by atoms with van der Waals surface area (Å²) < 4.78 is 10.6. The molecule has 2 aromatic carbocycles. The van der Waals surface area contributed by atoms with E-state index in [0.29, 0.717) is 22.7 Å². The summed E-state index contributed by atoms with van der Waals surface area (Å²) in [5.74, 6) is 0.651. The molecule has 25 heavy (non-hydrogen) atoms. The number of hydrogen-bond acceptors (Lipinski definition) is 5. The van der Waals surface area contributed by atoms with Crippen LogP contribution in [-0.4, -0.2) is 25.1 Å². The highest BCUT2D eigenvalue weighted by molar-refractivity contribution is 7.09. The van der Waals surface area contributed by atoms with Crippen molar-refractivity contribution >= 4 is 22.9 Å². The molecule has 5 nitrogen and oxygen atoms in total. The largest absolute Gasteiger partial charge is 0.493 e. The lowest BCUT2D eigenvalue weighted by Crippen LogP contribution is -2.14. The zero-order chi connectivity index (χ0) is 17.8. The summed E-state index contributed by atoms with van der Waals surface area (Å²) in [6, 6.07) is 12.8. The van der Waals surface area contributed by atoms with Gasteiger partial charge in [-0.05, 0) is 25.1 Å². The zero-order valence-electron chi connectivity index (χ0n) is 14.2. The molecule has 0 aliphatic heterocycles. The number of carbonyl (C=O) groups is 1. The van der Waals surface area contributed by atoms with E-state index in [1.54, 1.807) is 36.6 Å². The van der Waals surface area contributed by atoms with E-state index in [4.69, 9.17) is 9.47 Å². The Kier molecular flexibility index (Phi) is 5.00. The Hall–Kier alpha value is -2.86. The minimum absolute atomic E-state index is 0.268. The van der Waals surface area contributed by atoms with Gasteiger partial charge in [-0.15, -0.1) is 11.3 Å². The Morgan fingerprint density at radius 2 is 1.88 bits per heavy atom. The molecule has 0 aliphatic rings. The summed E-state index contributed by atoms with van der Waals surface area (Å²) in [5, 5.41) is 5.91. The van der Waals surface area contributed by atoms with Crippen LogP contribution in [0.25, 0.3) is 11.3 Å². The minimum Gasteiger partial charge on any atom is -0.493 e. The van der Waals surface area contributed by atoms with E-state index in [1.807, 2.05) is 36.6 Å². The molecule has 128 valence electrons. The molecule has 3 aromatic rings. The van der Waals surface area contributed by atoms with Crippen molar-refractivity contribution in [2.45, 2.75) is 6.92 Å². The minimum atomic E-state index is -0.268. The second-order valence-electron chi connectivity index (χ2n) is 5.29. The lowest BCUT2D eigenvalue weighted by atomic mass is 10.1. The van der Waals surface area contributed by atoms with Crippen LogP contribution in [-0.2, 0) is 0 Å². The van der Waals surface area contributed by atoms with Gasteiger partial charge in [0.05, 0.1) is 36.2 Å². The molecule has 6 heteroatoms. The van der Waals surface area contributed by atoms with Crippen molar-refractivity contribution in [2.75, 3.05) is 19.5 Å². The molecular formula is C19H18N2O3S. The van der Waals surface area contributed by atoms with Gasteiger partial charge >= 0.3 is 0 Å². The van der Waals surface area contributed by atoms with Gasteiger partial charge in [0.2, 0.25) is 0 Å². The van der Waals surface area contributed by atoms with Crippen LogP contribution in [0.5, 0.6) is 11.5 Å². The monoisotopic (exact) mass is 354 g/mol. The van der Waals surface area contributed by atoms with Crippen LogP contribution in [0.2, 0.25) is 0 Å². The first kappa shape index (κ1) is 17.0. The quantitative estimate of drug-likeness (QED) is 0.738. The first-order valence-corrected chi connectivity index (χ1v) is 8.56. The SMILES string of the molecule is COc1cccc(C(=O)Nc2ccccc2-c2csc(C)n2)c1OC. The van der Waals surface area contributed by atoms with Crippen LogP contribution in [0.4, 0.5) is 5.69 Å². The number of aromatic nitrogens is 1. The van der Waals surface area contributed by atoms with Gasteiger partial charge in [-0.1, -0.05) is 24.3 Å². The number of amides is 1. The van der Waals surface area contributed by atoms with E-state index in [1.165, 1.54) is 7.11 Å². The second-order valence-corrected chi connectivity index (χ2v) is 6.35. The number of methoxy groups -OCH3 is 2. The van der Waals surface area contributed by atoms with E-state index in [0.717, 1.165) is 16.3 Å². The summed E-state index contributed by atoms with van der Waals surface area (Å²) >= 11 is 1.57.